The van der Waals surface area contributed by atoms with Crippen LogP contribution in [0.4, 0.5) is 28.9 Å². The van der Waals surface area contributed by atoms with Crippen molar-refractivity contribution >= 4 is 11.4 Å². The Morgan fingerprint density at radius 3 is 2.50 bits per heavy atom. The van der Waals surface area contributed by atoms with Crippen molar-refractivity contribution in [2.75, 3.05) is 11.9 Å². The van der Waals surface area contributed by atoms with Crippen LogP contribution in [0.5, 0.6) is 0 Å². The predicted octanol–water partition coefficient (Wildman–Crippen LogP) is 2.55. The molecule has 0 spiro atoms. The molecule has 0 unspecified atom stereocenters. The number of nitro groups is 1. The number of nitrogens with zero attached hydrogens (tertiary/aromatic N) is 1. The van der Waals surface area contributed by atoms with Crippen LogP contribution in [0.2, 0.25) is 0 Å². The number of anilines is 1. The summed E-state index contributed by atoms with van der Waals surface area (Å²) in [5, 5.41) is 12.3. The van der Waals surface area contributed by atoms with Gasteiger partial charge in [0.2, 0.25) is 5.82 Å². The van der Waals surface area contributed by atoms with Gasteiger partial charge in [-0.05, 0) is 0 Å². The van der Waals surface area contributed by atoms with Crippen molar-refractivity contribution in [2.45, 2.75) is 6.43 Å². The highest BCUT2D eigenvalue weighted by Crippen LogP contribution is 2.28. The van der Waals surface area contributed by atoms with Crippen LogP contribution in [0.25, 0.3) is 0 Å². The number of rotatable bonds is 4. The van der Waals surface area contributed by atoms with Gasteiger partial charge in [0, 0.05) is 12.1 Å². The van der Waals surface area contributed by atoms with Crippen LogP contribution in [-0.4, -0.2) is 17.9 Å². The first kappa shape index (κ1) is 12.2. The van der Waals surface area contributed by atoms with E-state index >= 15 is 0 Å². The fraction of sp³-hybridized carbons (Fsp3) is 0.250. The summed E-state index contributed by atoms with van der Waals surface area (Å²) in [7, 11) is 0. The lowest BCUT2D eigenvalue weighted by atomic mass is 10.2. The van der Waals surface area contributed by atoms with Crippen molar-refractivity contribution in [1.29, 1.82) is 0 Å². The third-order valence-corrected chi connectivity index (χ3v) is 1.66. The van der Waals surface area contributed by atoms with Crippen LogP contribution < -0.4 is 5.32 Å². The number of alkyl halides is 2. The van der Waals surface area contributed by atoms with Crippen LogP contribution in [0, 0.1) is 21.7 Å². The molecule has 0 fully saturated rings. The van der Waals surface area contributed by atoms with Gasteiger partial charge in [0.15, 0.2) is 0 Å². The summed E-state index contributed by atoms with van der Waals surface area (Å²) < 4.78 is 49.4. The van der Waals surface area contributed by atoms with Crippen LogP contribution in [0.3, 0.4) is 0 Å². The van der Waals surface area contributed by atoms with Gasteiger partial charge < -0.3 is 5.32 Å². The van der Waals surface area contributed by atoms with E-state index in [9.17, 15) is 27.7 Å². The third kappa shape index (κ3) is 2.81. The van der Waals surface area contributed by atoms with Crippen LogP contribution in [-0.2, 0) is 0 Å². The van der Waals surface area contributed by atoms with Crippen molar-refractivity contribution in [3.8, 4) is 0 Å². The van der Waals surface area contributed by atoms with E-state index < -0.39 is 40.9 Å². The van der Waals surface area contributed by atoms with E-state index in [4.69, 9.17) is 0 Å². The molecule has 1 aromatic carbocycles. The lowest BCUT2D eigenvalue weighted by Gasteiger charge is -2.06. The van der Waals surface area contributed by atoms with Gasteiger partial charge in [-0.25, -0.2) is 13.2 Å². The van der Waals surface area contributed by atoms with Crippen LogP contribution in [0.1, 0.15) is 0 Å². The molecule has 0 radical (unpaired) electrons. The first-order chi connectivity index (χ1) is 7.41. The summed E-state index contributed by atoms with van der Waals surface area (Å²) in [5.74, 6) is -2.50. The van der Waals surface area contributed by atoms with E-state index in [2.05, 4.69) is 0 Å². The minimum Gasteiger partial charge on any atom is -0.374 e. The Bertz CT molecular complexity index is 411. The second-order valence-corrected chi connectivity index (χ2v) is 2.81. The molecule has 16 heavy (non-hydrogen) atoms. The average Bonchev–Trinajstić information content (AvgIpc) is 2.12. The summed E-state index contributed by atoms with van der Waals surface area (Å²) in [4.78, 5) is 9.31. The van der Waals surface area contributed by atoms with Gasteiger partial charge in [0.05, 0.1) is 11.5 Å². The molecule has 0 amide bonds. The Morgan fingerprint density at radius 1 is 1.38 bits per heavy atom. The minimum absolute atomic E-state index is 0.311. The SMILES string of the molecule is O=[N+]([O-])c1c(F)cc(F)cc1NCC(F)F. The van der Waals surface area contributed by atoms with Crippen molar-refractivity contribution in [3.05, 3.63) is 33.9 Å². The highest BCUT2D eigenvalue weighted by atomic mass is 19.3. The Balaban J connectivity index is 3.09. The van der Waals surface area contributed by atoms with E-state index in [-0.39, 0.29) is 0 Å². The van der Waals surface area contributed by atoms with Crippen molar-refractivity contribution < 1.29 is 22.5 Å². The molecule has 0 aliphatic rings. The molecule has 0 atom stereocenters. The van der Waals surface area contributed by atoms with E-state index in [1.165, 1.54) is 0 Å². The number of halogens is 4. The fourth-order valence-electron chi connectivity index (χ4n) is 1.07. The van der Waals surface area contributed by atoms with E-state index in [1.807, 2.05) is 5.32 Å². The number of hydrogen-bond acceptors (Lipinski definition) is 3. The zero-order valence-corrected chi connectivity index (χ0v) is 7.71. The molecular formula is C8H6F4N2O2. The standard InChI is InChI=1S/C8H6F4N2O2/c9-4-1-5(10)8(14(15)16)6(2-4)13-3-7(11)12/h1-2,7,13H,3H2. The maximum absolute atomic E-state index is 13.0. The van der Waals surface area contributed by atoms with Gasteiger partial charge in [-0.1, -0.05) is 0 Å². The minimum atomic E-state index is -2.79. The van der Waals surface area contributed by atoms with Gasteiger partial charge in [0.25, 0.3) is 6.43 Å². The first-order valence-corrected chi connectivity index (χ1v) is 4.07. The molecule has 8 heteroatoms. The summed E-state index contributed by atoms with van der Waals surface area (Å²) in [6, 6.07) is 0.898. The molecule has 0 bridgehead atoms. The zero-order chi connectivity index (χ0) is 12.3. The molecule has 1 aromatic rings. The second-order valence-electron chi connectivity index (χ2n) is 2.81. The van der Waals surface area contributed by atoms with E-state index in [0.717, 1.165) is 0 Å². The van der Waals surface area contributed by atoms with Gasteiger partial charge in [-0.2, -0.15) is 4.39 Å². The predicted molar refractivity (Wildman–Crippen MR) is 47.5 cm³/mol. The molecule has 0 aromatic heterocycles. The van der Waals surface area contributed by atoms with E-state index in [1.54, 1.807) is 0 Å². The summed E-state index contributed by atoms with van der Waals surface area (Å²) >= 11 is 0. The molecule has 0 aliphatic heterocycles. The summed E-state index contributed by atoms with van der Waals surface area (Å²) in [5.41, 5.74) is -1.66. The molecule has 0 saturated heterocycles. The molecule has 0 aliphatic carbocycles. The molecule has 88 valence electrons. The normalized spacial score (nSPS) is 10.6. The van der Waals surface area contributed by atoms with Crippen LogP contribution in [0.15, 0.2) is 12.1 Å². The molecule has 0 heterocycles. The van der Waals surface area contributed by atoms with Crippen molar-refractivity contribution in [1.82, 2.24) is 0 Å². The summed E-state index contributed by atoms with van der Waals surface area (Å²) in [6.45, 7) is -0.927. The fourth-order valence-corrected chi connectivity index (χ4v) is 1.07. The number of benzene rings is 1. The number of nitrogens with one attached hydrogen (secondary N) is 1. The van der Waals surface area contributed by atoms with Crippen molar-refractivity contribution in [3.63, 3.8) is 0 Å². The smallest absolute Gasteiger partial charge is 0.327 e. The quantitative estimate of drug-likeness (QED) is 0.498. The van der Waals surface area contributed by atoms with Gasteiger partial charge in [-0.3, -0.25) is 10.1 Å². The molecule has 1 N–H and O–H groups in total. The monoisotopic (exact) mass is 238 g/mol. The maximum Gasteiger partial charge on any atom is 0.327 e. The van der Waals surface area contributed by atoms with Gasteiger partial charge >= 0.3 is 5.69 Å². The lowest BCUT2D eigenvalue weighted by Crippen LogP contribution is -2.12. The third-order valence-electron chi connectivity index (χ3n) is 1.66. The second kappa shape index (κ2) is 4.77. The van der Waals surface area contributed by atoms with Gasteiger partial charge in [-0.15, -0.1) is 0 Å². The highest BCUT2D eigenvalue weighted by molar-refractivity contribution is 5.62. The van der Waals surface area contributed by atoms with Crippen molar-refractivity contribution in [2.24, 2.45) is 0 Å². The largest absolute Gasteiger partial charge is 0.374 e. The Hall–Kier alpha value is -1.86. The molecule has 1 rings (SSSR count). The Labute approximate surface area is 87.0 Å². The zero-order valence-electron chi connectivity index (χ0n) is 7.71. The lowest BCUT2D eigenvalue weighted by molar-refractivity contribution is -0.386. The first-order valence-electron chi connectivity index (χ1n) is 4.07. The Kier molecular flexibility index (Phi) is 3.64. The summed E-state index contributed by atoms with van der Waals surface area (Å²) in [6.07, 6.45) is -2.79. The molecule has 4 nitrogen and oxygen atoms in total. The number of hydrogen-bond donors (Lipinski definition) is 1. The average molecular weight is 238 g/mol. The highest BCUT2D eigenvalue weighted by Gasteiger charge is 2.22. The van der Waals surface area contributed by atoms with Crippen LogP contribution >= 0.6 is 0 Å². The van der Waals surface area contributed by atoms with E-state index in [0.29, 0.717) is 12.1 Å². The molecule has 0 saturated carbocycles. The molecular weight excluding hydrogens is 232 g/mol. The Morgan fingerprint density at radius 2 is 2.00 bits per heavy atom. The van der Waals surface area contributed by atoms with Gasteiger partial charge in [0.1, 0.15) is 11.5 Å². The number of nitro benzene ring substituents is 1. The maximum atomic E-state index is 13.0. The topological polar surface area (TPSA) is 55.2 Å².